The molecule has 12 heteroatoms. The van der Waals surface area contributed by atoms with Crippen LogP contribution in [-0.2, 0) is 4.79 Å². The van der Waals surface area contributed by atoms with Crippen LogP contribution >= 0.6 is 11.6 Å². The maximum Gasteiger partial charge on any atom is 0.426 e. The molecule has 0 saturated carbocycles. The predicted molar refractivity (Wildman–Crippen MR) is 124 cm³/mol. The second-order valence-electron chi connectivity index (χ2n) is 8.51. The molecular weight excluding hydrogens is 501 g/mol. The predicted octanol–water partition coefficient (Wildman–Crippen LogP) is 3.45. The van der Waals surface area contributed by atoms with Gasteiger partial charge >= 0.3 is 6.18 Å². The van der Waals surface area contributed by atoms with Crippen LogP contribution in [0.15, 0.2) is 42.5 Å². The van der Waals surface area contributed by atoms with Crippen molar-refractivity contribution < 1.29 is 32.7 Å². The summed E-state index contributed by atoms with van der Waals surface area (Å²) in [7, 11) is 0. The van der Waals surface area contributed by atoms with Crippen molar-refractivity contribution >= 4 is 35.0 Å². The van der Waals surface area contributed by atoms with Crippen molar-refractivity contribution in [2.24, 2.45) is 0 Å². The Morgan fingerprint density at radius 3 is 2.22 bits per heavy atom. The fourth-order valence-corrected chi connectivity index (χ4v) is 3.83. The summed E-state index contributed by atoms with van der Waals surface area (Å²) < 4.78 is 38.6. The third kappa shape index (κ3) is 5.45. The van der Waals surface area contributed by atoms with E-state index in [2.05, 4.69) is 0 Å². The first-order valence-electron chi connectivity index (χ1n) is 10.8. The molecule has 8 nitrogen and oxygen atoms in total. The highest BCUT2D eigenvalue weighted by Gasteiger charge is 2.55. The van der Waals surface area contributed by atoms with Crippen molar-refractivity contribution in [1.29, 1.82) is 5.26 Å². The van der Waals surface area contributed by atoms with Crippen LogP contribution in [0.2, 0.25) is 5.02 Å². The Kier molecular flexibility index (Phi) is 7.62. The number of halogens is 4. The molecule has 0 bridgehead atoms. The lowest BCUT2D eigenvalue weighted by Gasteiger charge is -2.40. The first kappa shape index (κ1) is 27.0. The van der Waals surface area contributed by atoms with Crippen molar-refractivity contribution in [1.82, 2.24) is 9.80 Å². The van der Waals surface area contributed by atoms with Gasteiger partial charge in [0.05, 0.1) is 22.3 Å². The molecule has 1 fully saturated rings. The molecule has 3 rings (SSSR count). The van der Waals surface area contributed by atoms with Gasteiger partial charge in [-0.1, -0.05) is 11.6 Å². The van der Waals surface area contributed by atoms with Gasteiger partial charge in [0.1, 0.15) is 0 Å². The number of benzene rings is 2. The lowest BCUT2D eigenvalue weighted by atomic mass is 10.1. The number of amides is 3. The largest absolute Gasteiger partial charge is 0.426 e. The Morgan fingerprint density at radius 1 is 1.08 bits per heavy atom. The molecule has 3 amide bonds. The second-order valence-corrected chi connectivity index (χ2v) is 8.91. The van der Waals surface area contributed by atoms with E-state index in [1.54, 1.807) is 36.1 Å². The van der Waals surface area contributed by atoms with Gasteiger partial charge in [0.2, 0.25) is 5.60 Å². The van der Waals surface area contributed by atoms with Gasteiger partial charge in [0.25, 0.3) is 17.7 Å². The minimum Gasteiger partial charge on any atom is -0.373 e. The van der Waals surface area contributed by atoms with Crippen LogP contribution in [0.1, 0.15) is 40.1 Å². The maximum absolute atomic E-state index is 13.0. The van der Waals surface area contributed by atoms with Crippen LogP contribution in [0.3, 0.4) is 0 Å². The zero-order chi connectivity index (χ0) is 26.8. The van der Waals surface area contributed by atoms with E-state index in [-0.39, 0.29) is 47.9 Å². The zero-order valence-electron chi connectivity index (χ0n) is 19.3. The number of carbonyl (C=O) groups excluding carboxylic acids is 3. The van der Waals surface area contributed by atoms with Gasteiger partial charge in [0, 0.05) is 36.8 Å². The van der Waals surface area contributed by atoms with E-state index in [0.717, 1.165) is 0 Å². The molecule has 2 N–H and O–H groups in total. The number of piperazine rings is 1. The Hall–Kier alpha value is -3.62. The summed E-state index contributed by atoms with van der Waals surface area (Å²) in [6.07, 6.45) is -5.19. The number of nitrogens with zero attached hydrogens (tertiary/aromatic N) is 3. The van der Waals surface area contributed by atoms with Crippen LogP contribution in [0.4, 0.5) is 18.9 Å². The highest BCUT2D eigenvalue weighted by Crippen LogP contribution is 2.32. The van der Waals surface area contributed by atoms with Crippen LogP contribution in [0, 0.1) is 11.3 Å². The monoisotopic (exact) mass is 522 g/mol. The summed E-state index contributed by atoms with van der Waals surface area (Å²) in [6.45, 7) is 2.83. The molecule has 0 radical (unpaired) electrons. The van der Waals surface area contributed by atoms with E-state index in [1.807, 2.05) is 11.4 Å². The lowest BCUT2D eigenvalue weighted by Crippen LogP contribution is -2.55. The fraction of sp³-hybridized carbons (Fsp3) is 0.333. The van der Waals surface area contributed by atoms with Crippen LogP contribution in [0.25, 0.3) is 0 Å². The molecule has 2 aromatic carbocycles. The van der Waals surface area contributed by atoms with Gasteiger partial charge in [-0.3, -0.25) is 14.4 Å². The molecule has 2 aromatic rings. The minimum absolute atomic E-state index is 0.139. The molecule has 190 valence electrons. The highest BCUT2D eigenvalue weighted by molar-refractivity contribution is 6.34. The quantitative estimate of drug-likeness (QED) is 0.638. The Balaban J connectivity index is 1.67. The van der Waals surface area contributed by atoms with Crippen molar-refractivity contribution in [3.63, 3.8) is 0 Å². The van der Waals surface area contributed by atoms with Crippen molar-refractivity contribution in [3.8, 4) is 6.07 Å². The molecule has 1 aliphatic rings. The number of carbonyl (C=O) groups is 3. The lowest BCUT2D eigenvalue weighted by molar-refractivity contribution is -0.242. The van der Waals surface area contributed by atoms with E-state index >= 15 is 0 Å². The summed E-state index contributed by atoms with van der Waals surface area (Å²) in [5.74, 6) is -2.35. The molecular formula is C24H22ClF3N4O4. The topological polar surface area (TPSA) is 114 Å². The number of nitrogens with one attached hydrogen (secondary N) is 1. The van der Waals surface area contributed by atoms with Gasteiger partial charge in [-0.05, 0) is 56.3 Å². The van der Waals surface area contributed by atoms with Gasteiger partial charge in [-0.2, -0.15) is 18.4 Å². The number of hydrogen-bond acceptors (Lipinski definition) is 5. The SMILES string of the molecule is C[C@@H]1CN(C(=O)c2ccc(NC(=O)[C@@](C)(O)C(F)(F)F)c(Cl)c2)CCN1C(=O)c1ccc(C#N)cc1. The highest BCUT2D eigenvalue weighted by atomic mass is 35.5. The molecule has 1 aliphatic heterocycles. The molecule has 0 unspecified atom stereocenters. The number of anilines is 1. The first-order chi connectivity index (χ1) is 16.8. The third-order valence-electron chi connectivity index (χ3n) is 5.89. The molecule has 2 atom stereocenters. The Labute approximate surface area is 209 Å². The molecule has 1 heterocycles. The average Bonchev–Trinajstić information content (AvgIpc) is 2.83. The summed E-state index contributed by atoms with van der Waals surface area (Å²) in [5.41, 5.74) is -2.83. The van der Waals surface area contributed by atoms with Crippen molar-refractivity contribution in [3.05, 3.63) is 64.2 Å². The summed E-state index contributed by atoms with van der Waals surface area (Å²) in [6, 6.07) is 11.6. The van der Waals surface area contributed by atoms with Crippen molar-refractivity contribution in [2.75, 3.05) is 25.0 Å². The fourth-order valence-electron chi connectivity index (χ4n) is 3.60. The standard InChI is InChI=1S/C24H22ClF3N4O4/c1-14-13-31(9-10-32(14)21(34)16-5-3-15(12-29)4-6-16)20(33)17-7-8-19(18(25)11-17)30-22(35)23(2,36)24(26,27)28/h3-8,11,14,36H,9-10,13H2,1-2H3,(H,30,35)/t14-,23-/m1/s1. The minimum atomic E-state index is -5.19. The van der Waals surface area contributed by atoms with Gasteiger partial charge in [0.15, 0.2) is 0 Å². The number of aliphatic hydroxyl groups is 1. The number of rotatable bonds is 4. The molecule has 0 spiro atoms. The summed E-state index contributed by atoms with van der Waals surface area (Å²) >= 11 is 6.08. The summed E-state index contributed by atoms with van der Waals surface area (Å²) in [4.78, 5) is 40.9. The number of hydrogen-bond donors (Lipinski definition) is 2. The van der Waals surface area contributed by atoms with E-state index in [9.17, 15) is 32.7 Å². The van der Waals surface area contributed by atoms with Crippen LogP contribution in [0.5, 0.6) is 0 Å². The van der Waals surface area contributed by atoms with E-state index in [4.69, 9.17) is 16.9 Å². The Bertz CT molecular complexity index is 1230. The van der Waals surface area contributed by atoms with Gasteiger partial charge < -0.3 is 20.2 Å². The van der Waals surface area contributed by atoms with E-state index in [0.29, 0.717) is 18.1 Å². The van der Waals surface area contributed by atoms with E-state index < -0.39 is 23.6 Å². The second kappa shape index (κ2) is 10.2. The van der Waals surface area contributed by atoms with Gasteiger partial charge in [-0.25, -0.2) is 0 Å². The molecule has 0 aliphatic carbocycles. The third-order valence-corrected chi connectivity index (χ3v) is 6.21. The smallest absolute Gasteiger partial charge is 0.373 e. The molecule has 36 heavy (non-hydrogen) atoms. The number of nitriles is 1. The Morgan fingerprint density at radius 2 is 1.69 bits per heavy atom. The molecule has 1 saturated heterocycles. The van der Waals surface area contributed by atoms with Gasteiger partial charge in [-0.15, -0.1) is 0 Å². The van der Waals surface area contributed by atoms with Crippen LogP contribution in [-0.4, -0.2) is 70.1 Å². The number of alkyl halides is 3. The van der Waals surface area contributed by atoms with Crippen molar-refractivity contribution in [2.45, 2.75) is 31.7 Å². The van der Waals surface area contributed by atoms with Crippen LogP contribution < -0.4 is 5.32 Å². The average molecular weight is 523 g/mol. The molecule has 0 aromatic heterocycles. The first-order valence-corrected chi connectivity index (χ1v) is 11.1. The summed E-state index contributed by atoms with van der Waals surface area (Å²) in [5, 5.41) is 20.1. The maximum atomic E-state index is 13.0. The van der Waals surface area contributed by atoms with E-state index in [1.165, 1.54) is 23.1 Å². The normalized spacial score (nSPS) is 17.7. The zero-order valence-corrected chi connectivity index (χ0v) is 20.0.